The van der Waals surface area contributed by atoms with E-state index in [1.807, 2.05) is 0 Å². The van der Waals surface area contributed by atoms with E-state index in [0.29, 0.717) is 0 Å². The molecule has 0 bridgehead atoms. The summed E-state index contributed by atoms with van der Waals surface area (Å²) in [6.45, 7) is 23.2. The van der Waals surface area contributed by atoms with E-state index in [9.17, 15) is 0 Å². The maximum Gasteiger partial charge on any atom is -0.000766 e. The fourth-order valence-electron chi connectivity index (χ4n) is 5.63. The lowest BCUT2D eigenvalue weighted by Gasteiger charge is -2.22. The van der Waals surface area contributed by atoms with Gasteiger partial charge in [0.05, 0.1) is 0 Å². The molecule has 140 valence electrons. The largest absolute Gasteiger partial charge is 0.0447 e. The predicted octanol–water partition coefficient (Wildman–Crippen LogP) is 7.50. The van der Waals surface area contributed by atoms with Gasteiger partial charge in [0.1, 0.15) is 0 Å². The van der Waals surface area contributed by atoms with E-state index in [2.05, 4.69) is 69.2 Å². The third kappa shape index (κ3) is 2.10. The van der Waals surface area contributed by atoms with E-state index < -0.39 is 0 Å². The summed E-state index contributed by atoms with van der Waals surface area (Å²) in [7, 11) is 0. The lowest BCUT2D eigenvalue weighted by molar-refractivity contribution is 1.14. The van der Waals surface area contributed by atoms with Crippen LogP contribution in [0.1, 0.15) is 66.8 Å². The average Bonchev–Trinajstić information content (AvgIpc) is 3.05. The van der Waals surface area contributed by atoms with Crippen LogP contribution in [0.25, 0.3) is 21.9 Å². The van der Waals surface area contributed by atoms with Gasteiger partial charge in [-0.05, 0) is 164 Å². The molecule has 4 rings (SSSR count). The second-order valence-electron chi connectivity index (χ2n) is 8.88. The van der Waals surface area contributed by atoms with Gasteiger partial charge in [-0.25, -0.2) is 0 Å². The molecule has 27 heavy (non-hydrogen) atoms. The SMILES string of the molecule is Cc1c(C)c(C)c2c(c1C)Cc1c-2c(C)c2c(C)c(C)c(C)c(C)c2c1C. The van der Waals surface area contributed by atoms with Crippen LogP contribution in [0.3, 0.4) is 0 Å². The summed E-state index contributed by atoms with van der Waals surface area (Å²) < 4.78 is 0. The molecule has 1 aliphatic carbocycles. The Balaban J connectivity index is 2.27. The monoisotopic (exact) mass is 356 g/mol. The van der Waals surface area contributed by atoms with Crippen LogP contribution in [0.4, 0.5) is 0 Å². The highest BCUT2D eigenvalue weighted by Gasteiger charge is 2.30. The molecule has 3 aromatic carbocycles. The molecule has 0 saturated heterocycles. The Bertz CT molecular complexity index is 1170. The summed E-state index contributed by atoms with van der Waals surface area (Å²) in [6, 6.07) is 0. The van der Waals surface area contributed by atoms with E-state index in [1.54, 1.807) is 11.1 Å². The van der Waals surface area contributed by atoms with Gasteiger partial charge >= 0.3 is 0 Å². The molecule has 0 radical (unpaired) electrons. The molecule has 0 spiro atoms. The molecule has 1 aliphatic rings. The molecule has 0 atom stereocenters. The van der Waals surface area contributed by atoms with Crippen molar-refractivity contribution in [2.75, 3.05) is 0 Å². The molecule has 0 nitrogen and oxygen atoms in total. The van der Waals surface area contributed by atoms with Crippen molar-refractivity contribution in [2.45, 2.75) is 75.7 Å². The molecule has 0 amide bonds. The Kier molecular flexibility index (Phi) is 3.87. The minimum absolute atomic E-state index is 1.09. The van der Waals surface area contributed by atoms with E-state index in [1.165, 1.54) is 77.5 Å². The Morgan fingerprint density at radius 1 is 0.333 bits per heavy atom. The van der Waals surface area contributed by atoms with E-state index in [4.69, 9.17) is 0 Å². The van der Waals surface area contributed by atoms with Crippen molar-refractivity contribution >= 4 is 10.8 Å². The molecule has 0 heteroatoms. The first-order chi connectivity index (χ1) is 12.6. The Morgan fingerprint density at radius 2 is 0.704 bits per heavy atom. The van der Waals surface area contributed by atoms with Crippen molar-refractivity contribution in [1.29, 1.82) is 0 Å². The van der Waals surface area contributed by atoms with Crippen LogP contribution in [-0.2, 0) is 6.42 Å². The molecule has 0 unspecified atom stereocenters. The van der Waals surface area contributed by atoms with Crippen LogP contribution in [-0.4, -0.2) is 0 Å². The van der Waals surface area contributed by atoms with Crippen LogP contribution in [0, 0.1) is 69.2 Å². The molecule has 0 aliphatic heterocycles. The minimum Gasteiger partial charge on any atom is -0.0447 e. The van der Waals surface area contributed by atoms with Crippen LogP contribution in [0.5, 0.6) is 0 Å². The van der Waals surface area contributed by atoms with Gasteiger partial charge in [-0.3, -0.25) is 0 Å². The maximum absolute atomic E-state index is 2.36. The number of hydrogen-bond acceptors (Lipinski definition) is 0. The van der Waals surface area contributed by atoms with Gasteiger partial charge in [0.2, 0.25) is 0 Å². The lowest BCUT2D eigenvalue weighted by Crippen LogP contribution is -2.01. The molecule has 0 saturated carbocycles. The maximum atomic E-state index is 2.36. The first-order valence-corrected chi connectivity index (χ1v) is 10.2. The first kappa shape index (κ1) is 18.3. The van der Waals surface area contributed by atoms with Crippen molar-refractivity contribution in [1.82, 2.24) is 0 Å². The van der Waals surface area contributed by atoms with Crippen LogP contribution in [0.15, 0.2) is 0 Å². The lowest BCUT2D eigenvalue weighted by atomic mass is 9.82. The fourth-order valence-corrected chi connectivity index (χ4v) is 5.63. The van der Waals surface area contributed by atoms with Crippen LogP contribution >= 0.6 is 0 Å². The molecule has 0 aromatic heterocycles. The van der Waals surface area contributed by atoms with Crippen molar-refractivity contribution in [3.8, 4) is 11.1 Å². The van der Waals surface area contributed by atoms with Crippen molar-refractivity contribution < 1.29 is 0 Å². The first-order valence-electron chi connectivity index (χ1n) is 10.2. The molecule has 0 heterocycles. The number of aryl methyl sites for hydroxylation is 4. The van der Waals surface area contributed by atoms with Gasteiger partial charge in [-0.1, -0.05) is 0 Å². The highest BCUT2D eigenvalue weighted by atomic mass is 14.3. The Hall–Kier alpha value is -2.08. The second kappa shape index (κ2) is 5.71. The minimum atomic E-state index is 1.09. The summed E-state index contributed by atoms with van der Waals surface area (Å²) >= 11 is 0. The zero-order chi connectivity index (χ0) is 19.9. The Labute approximate surface area is 164 Å². The number of benzene rings is 3. The molecule has 3 aromatic rings. The average molecular weight is 357 g/mol. The number of fused-ring (bicyclic) bond motifs is 4. The quantitative estimate of drug-likeness (QED) is 0.306. The van der Waals surface area contributed by atoms with Gasteiger partial charge in [0.15, 0.2) is 0 Å². The van der Waals surface area contributed by atoms with E-state index in [-0.39, 0.29) is 0 Å². The predicted molar refractivity (Wildman–Crippen MR) is 120 cm³/mol. The molecular weight excluding hydrogens is 324 g/mol. The summed E-state index contributed by atoms with van der Waals surface area (Å²) in [6.07, 6.45) is 1.09. The Morgan fingerprint density at radius 3 is 1.26 bits per heavy atom. The smallest absolute Gasteiger partial charge is 0.000766 e. The normalized spacial score (nSPS) is 12.7. The molecule has 0 N–H and O–H groups in total. The summed E-state index contributed by atoms with van der Waals surface area (Å²) in [4.78, 5) is 0. The van der Waals surface area contributed by atoms with Gasteiger partial charge in [0.25, 0.3) is 0 Å². The summed E-state index contributed by atoms with van der Waals surface area (Å²) in [5.74, 6) is 0. The zero-order valence-corrected chi connectivity index (χ0v) is 18.7. The third-order valence-electron chi connectivity index (χ3n) is 7.99. The van der Waals surface area contributed by atoms with Crippen LogP contribution < -0.4 is 0 Å². The number of hydrogen-bond donors (Lipinski definition) is 0. The van der Waals surface area contributed by atoms with E-state index in [0.717, 1.165) is 6.42 Å². The molecule has 0 fully saturated rings. The van der Waals surface area contributed by atoms with Gasteiger partial charge < -0.3 is 0 Å². The second-order valence-corrected chi connectivity index (χ2v) is 8.88. The highest BCUT2D eigenvalue weighted by molar-refractivity contribution is 6.03. The summed E-state index contributed by atoms with van der Waals surface area (Å²) in [5.41, 5.74) is 20.9. The zero-order valence-electron chi connectivity index (χ0n) is 18.7. The van der Waals surface area contributed by atoms with Gasteiger partial charge in [-0.15, -0.1) is 0 Å². The van der Waals surface area contributed by atoms with Crippen molar-refractivity contribution in [2.24, 2.45) is 0 Å². The van der Waals surface area contributed by atoms with Crippen LogP contribution in [0.2, 0.25) is 0 Å². The van der Waals surface area contributed by atoms with Gasteiger partial charge in [0, 0.05) is 0 Å². The topological polar surface area (TPSA) is 0 Å². The highest BCUT2D eigenvalue weighted by Crippen LogP contribution is 2.49. The summed E-state index contributed by atoms with van der Waals surface area (Å²) in [5, 5.41) is 3.00. The molecular formula is C27H32. The third-order valence-corrected chi connectivity index (χ3v) is 7.99. The van der Waals surface area contributed by atoms with E-state index >= 15 is 0 Å². The van der Waals surface area contributed by atoms with Crippen molar-refractivity contribution in [3.05, 3.63) is 66.8 Å². The number of rotatable bonds is 0. The standard InChI is InChI=1S/C27H32/c1-12-13(2)19(8)26-22(16(12)5)11-23-20(9)24-17(6)14(3)15(4)18(7)25(24)21(10)27(23)26/h11H2,1-10H3. The van der Waals surface area contributed by atoms with Gasteiger partial charge in [-0.2, -0.15) is 0 Å². The fraction of sp³-hybridized carbons (Fsp3) is 0.407. The van der Waals surface area contributed by atoms with Crippen molar-refractivity contribution in [3.63, 3.8) is 0 Å².